The molecule has 10 nitrogen and oxygen atoms in total. The quantitative estimate of drug-likeness (QED) is 0.166. The lowest BCUT2D eigenvalue weighted by Crippen LogP contribution is -2.40. The molecule has 2 aromatic carbocycles. The summed E-state index contributed by atoms with van der Waals surface area (Å²) in [7, 11) is 1.54. The third-order valence-corrected chi connectivity index (χ3v) is 9.49. The van der Waals surface area contributed by atoms with Crippen LogP contribution in [-0.4, -0.2) is 42.3 Å². The Morgan fingerprint density at radius 3 is 2.61 bits per heavy atom. The van der Waals surface area contributed by atoms with Gasteiger partial charge < -0.3 is 14.4 Å². The highest BCUT2D eigenvalue weighted by atomic mass is 79.9. The molecule has 232 valence electrons. The molecule has 3 aromatic rings. The highest BCUT2D eigenvalue weighted by Crippen LogP contribution is 2.38. The molecule has 0 saturated carbocycles. The number of piperidine rings is 1. The molecular weight excluding hydrogens is 648 g/mol. The minimum Gasteiger partial charge on any atom is -0.496 e. The normalized spacial score (nSPS) is 17.3. The maximum atomic E-state index is 14.3. The van der Waals surface area contributed by atoms with Crippen molar-refractivity contribution in [3.05, 3.63) is 93.1 Å². The van der Waals surface area contributed by atoms with Gasteiger partial charge in [-0.1, -0.05) is 47.5 Å². The predicted octanol–water partition coefficient (Wildman–Crippen LogP) is 5.49. The lowest BCUT2D eigenvalue weighted by atomic mass is 9.93. The molecule has 44 heavy (non-hydrogen) atoms. The number of anilines is 1. The minimum absolute atomic E-state index is 0.0512. The number of rotatable bonds is 9. The van der Waals surface area contributed by atoms with E-state index in [-0.39, 0.29) is 17.9 Å². The summed E-state index contributed by atoms with van der Waals surface area (Å²) < 4.78 is 13.8. The van der Waals surface area contributed by atoms with E-state index in [1.807, 2.05) is 19.1 Å². The van der Waals surface area contributed by atoms with Crippen LogP contribution in [0.3, 0.4) is 0 Å². The average molecular weight is 684 g/mol. The number of methoxy groups -OCH3 is 1. The van der Waals surface area contributed by atoms with Crippen molar-refractivity contribution in [2.75, 3.05) is 31.7 Å². The van der Waals surface area contributed by atoms with Crippen LogP contribution in [0.2, 0.25) is 0 Å². The smallest absolute Gasteiger partial charge is 0.338 e. The minimum atomic E-state index is -0.852. The Hall–Kier alpha value is -3.77. The van der Waals surface area contributed by atoms with Crippen LogP contribution in [0.4, 0.5) is 11.4 Å². The number of carbonyl (C=O) groups is 1. The van der Waals surface area contributed by atoms with Crippen LogP contribution in [-0.2, 0) is 9.53 Å². The van der Waals surface area contributed by atoms with Crippen molar-refractivity contribution in [3.8, 4) is 5.75 Å². The molecule has 1 saturated heterocycles. The molecule has 0 unspecified atom stereocenters. The molecule has 0 spiro atoms. The van der Waals surface area contributed by atoms with Gasteiger partial charge >= 0.3 is 5.97 Å². The molecule has 1 aromatic heterocycles. The molecule has 0 amide bonds. The number of hydrogen-bond acceptors (Lipinski definition) is 9. The molecule has 1 fully saturated rings. The number of nitrogens with zero attached hydrogens (tertiary/aromatic N) is 4. The molecule has 2 aliphatic heterocycles. The Morgan fingerprint density at radius 1 is 1.20 bits per heavy atom. The second-order valence-electron chi connectivity index (χ2n) is 11.0. The van der Waals surface area contributed by atoms with Crippen LogP contribution in [0, 0.1) is 16.0 Å². The van der Waals surface area contributed by atoms with Gasteiger partial charge in [-0.05, 0) is 62.4 Å². The number of carbonyl (C=O) groups excluding carboxylic acids is 1. The first-order valence-corrected chi connectivity index (χ1v) is 16.4. The summed E-state index contributed by atoms with van der Waals surface area (Å²) in [4.78, 5) is 46.7. The molecule has 1 atom stereocenters. The summed E-state index contributed by atoms with van der Waals surface area (Å²) in [6.07, 6.45) is 4.99. The van der Waals surface area contributed by atoms with Gasteiger partial charge in [0.2, 0.25) is 0 Å². The fourth-order valence-corrected chi connectivity index (χ4v) is 7.17. The van der Waals surface area contributed by atoms with E-state index in [0.717, 1.165) is 42.5 Å². The monoisotopic (exact) mass is 682 g/mol. The summed E-state index contributed by atoms with van der Waals surface area (Å²) in [6, 6.07) is 9.40. The topological polar surface area (TPSA) is 116 Å². The van der Waals surface area contributed by atoms with E-state index in [0.29, 0.717) is 49.8 Å². The summed E-state index contributed by atoms with van der Waals surface area (Å²) in [5.74, 6) is 0.575. The second kappa shape index (κ2) is 13.5. The molecule has 5 rings (SSSR count). The number of thiazole rings is 1. The Kier molecular flexibility index (Phi) is 9.69. The molecule has 3 heterocycles. The summed E-state index contributed by atoms with van der Waals surface area (Å²) in [5, 5.41) is 11.7. The Bertz CT molecular complexity index is 1810. The van der Waals surface area contributed by atoms with Crippen molar-refractivity contribution in [2.45, 2.75) is 52.5 Å². The summed E-state index contributed by atoms with van der Waals surface area (Å²) in [6.45, 7) is 7.78. The summed E-state index contributed by atoms with van der Waals surface area (Å²) >= 11 is 4.74. The number of fused-ring (bicyclic) bond motifs is 1. The van der Waals surface area contributed by atoms with Gasteiger partial charge in [-0.15, -0.1) is 0 Å². The van der Waals surface area contributed by atoms with E-state index in [9.17, 15) is 19.7 Å². The lowest BCUT2D eigenvalue weighted by Gasteiger charge is -2.33. The molecular formula is C32H35BrN4O6S. The average Bonchev–Trinajstić information content (AvgIpc) is 3.31. The van der Waals surface area contributed by atoms with Crippen LogP contribution in [0.25, 0.3) is 6.08 Å². The van der Waals surface area contributed by atoms with Gasteiger partial charge in [0, 0.05) is 46.5 Å². The Morgan fingerprint density at radius 2 is 1.95 bits per heavy atom. The Balaban J connectivity index is 1.77. The van der Waals surface area contributed by atoms with Crippen molar-refractivity contribution >= 4 is 50.7 Å². The molecule has 2 aliphatic rings. The number of nitro benzene ring substituents is 1. The van der Waals surface area contributed by atoms with Crippen LogP contribution in [0.1, 0.15) is 63.6 Å². The van der Waals surface area contributed by atoms with E-state index < -0.39 is 16.9 Å². The Labute approximate surface area is 267 Å². The van der Waals surface area contributed by atoms with Crippen LogP contribution in [0.5, 0.6) is 5.75 Å². The van der Waals surface area contributed by atoms with Gasteiger partial charge in [-0.25, -0.2) is 9.79 Å². The van der Waals surface area contributed by atoms with Crippen LogP contribution in [0.15, 0.2) is 61.9 Å². The zero-order valence-electron chi connectivity index (χ0n) is 25.2. The van der Waals surface area contributed by atoms with E-state index in [1.165, 1.54) is 28.0 Å². The first kappa shape index (κ1) is 31.6. The standard InChI is InChI=1S/C32H35BrN4O6S/c1-5-7-24-28(31(39)43-6-2)29(23-18-21(33)8-11-26(23)42-4)36-30(38)27(44-32(36)34-24)17-20-16-22(37(40)41)9-10-25(20)35-14-12-19(3)13-15-35/h8-11,16-19,29H,5-7,12-15H2,1-4H3/b27-17-/t29-/m0/s1. The summed E-state index contributed by atoms with van der Waals surface area (Å²) in [5.41, 5.74) is 2.49. The molecule has 12 heteroatoms. The first-order chi connectivity index (χ1) is 21.2. The molecule has 0 bridgehead atoms. The number of aromatic nitrogens is 1. The third-order valence-electron chi connectivity index (χ3n) is 8.01. The molecule has 0 N–H and O–H groups in total. The van der Waals surface area contributed by atoms with Crippen LogP contribution >= 0.6 is 27.3 Å². The fraction of sp³-hybridized carbons (Fsp3) is 0.406. The van der Waals surface area contributed by atoms with Gasteiger partial charge in [0.05, 0.1) is 34.4 Å². The second-order valence-corrected chi connectivity index (χ2v) is 12.9. The number of benzene rings is 2. The van der Waals surface area contributed by atoms with Gasteiger partial charge in [-0.2, -0.15) is 0 Å². The van der Waals surface area contributed by atoms with Crippen LogP contribution < -0.4 is 24.5 Å². The van der Waals surface area contributed by atoms with Crippen molar-refractivity contribution < 1.29 is 19.2 Å². The molecule has 0 radical (unpaired) electrons. The van der Waals surface area contributed by atoms with Crippen molar-refractivity contribution in [2.24, 2.45) is 10.9 Å². The highest BCUT2D eigenvalue weighted by molar-refractivity contribution is 9.10. The van der Waals surface area contributed by atoms with Gasteiger partial charge in [0.25, 0.3) is 11.2 Å². The maximum Gasteiger partial charge on any atom is 0.338 e. The number of esters is 1. The van der Waals surface area contributed by atoms with Gasteiger partial charge in [0.15, 0.2) is 4.80 Å². The van der Waals surface area contributed by atoms with E-state index in [4.69, 9.17) is 14.5 Å². The predicted molar refractivity (Wildman–Crippen MR) is 174 cm³/mol. The largest absolute Gasteiger partial charge is 0.496 e. The number of non-ortho nitro benzene ring substituents is 1. The van der Waals surface area contributed by atoms with Gasteiger partial charge in [0.1, 0.15) is 11.8 Å². The third kappa shape index (κ3) is 6.23. The van der Waals surface area contributed by atoms with Crippen molar-refractivity contribution in [3.63, 3.8) is 0 Å². The van der Waals surface area contributed by atoms with E-state index in [1.54, 1.807) is 32.2 Å². The maximum absolute atomic E-state index is 14.3. The lowest BCUT2D eigenvalue weighted by molar-refractivity contribution is -0.384. The number of halogens is 1. The van der Waals surface area contributed by atoms with E-state index >= 15 is 0 Å². The van der Waals surface area contributed by atoms with Gasteiger partial charge in [-0.3, -0.25) is 19.5 Å². The van der Waals surface area contributed by atoms with Crippen molar-refractivity contribution in [1.82, 2.24) is 4.57 Å². The fourth-order valence-electron chi connectivity index (χ4n) is 5.78. The molecule has 0 aliphatic carbocycles. The SMILES string of the molecule is CCCC1=C(C(=O)OCC)[C@H](c2cc(Br)ccc2OC)n2c(s/c(=C\c3cc([N+](=O)[O-])ccc3N3CCC(C)CC3)c2=O)=N1. The first-order valence-electron chi connectivity index (χ1n) is 14.8. The zero-order chi connectivity index (χ0) is 31.5. The highest BCUT2D eigenvalue weighted by Gasteiger charge is 2.36. The number of ether oxygens (including phenoxy) is 2. The zero-order valence-corrected chi connectivity index (χ0v) is 27.6. The van der Waals surface area contributed by atoms with E-state index in [2.05, 4.69) is 27.8 Å². The van der Waals surface area contributed by atoms with Crippen molar-refractivity contribution in [1.29, 1.82) is 0 Å². The number of hydrogen-bond donors (Lipinski definition) is 0. The number of allylic oxidation sites excluding steroid dienone is 1. The number of nitro groups is 1.